The van der Waals surface area contributed by atoms with Crippen molar-refractivity contribution in [1.29, 1.82) is 0 Å². The van der Waals surface area contributed by atoms with Crippen LogP contribution in [0.15, 0.2) is 11.6 Å². The molecule has 2 bridgehead atoms. The number of nitrogens with zero attached hydrogens (tertiary/aromatic N) is 1. The quantitative estimate of drug-likeness (QED) is 0.579. The van der Waals surface area contributed by atoms with Gasteiger partial charge in [-0.2, -0.15) is 0 Å². The van der Waals surface area contributed by atoms with Crippen molar-refractivity contribution in [2.24, 2.45) is 0 Å². The third-order valence-corrected chi connectivity index (χ3v) is 3.76. The van der Waals surface area contributed by atoms with Crippen molar-refractivity contribution in [2.75, 3.05) is 7.05 Å². The molecule has 2 heterocycles. The van der Waals surface area contributed by atoms with Crippen molar-refractivity contribution in [2.45, 2.75) is 57.4 Å². The fourth-order valence-electron chi connectivity index (χ4n) is 2.94. The first-order valence-electron chi connectivity index (χ1n) is 6.23. The Morgan fingerprint density at radius 3 is 2.71 bits per heavy atom. The predicted octanol–water partition coefficient (Wildman–Crippen LogP) is 1.09. The molecule has 2 fully saturated rings. The number of aliphatic hydroxyl groups is 1. The zero-order valence-corrected chi connectivity index (χ0v) is 10.7. The number of esters is 1. The normalized spacial score (nSPS) is 36.7. The second-order valence-electron chi connectivity index (χ2n) is 5.44. The maximum atomic E-state index is 11.6. The minimum atomic E-state index is -0.259. The number of hydrogen-bond donors (Lipinski definition) is 1. The highest BCUT2D eigenvalue weighted by atomic mass is 16.5. The lowest BCUT2D eigenvalue weighted by Gasteiger charge is -2.34. The zero-order valence-electron chi connectivity index (χ0n) is 10.7. The Bertz CT molecular complexity index is 336. The second-order valence-corrected chi connectivity index (χ2v) is 5.44. The highest BCUT2D eigenvalue weighted by molar-refractivity contribution is 5.82. The lowest BCUT2D eigenvalue weighted by Crippen LogP contribution is -2.44. The molecule has 0 unspecified atom stereocenters. The summed E-state index contributed by atoms with van der Waals surface area (Å²) in [5.74, 6) is -0.259. The number of carbonyl (C=O) groups excluding carboxylic acids is 1. The largest absolute Gasteiger partial charge is 0.457 e. The molecule has 0 aromatic heterocycles. The van der Waals surface area contributed by atoms with Gasteiger partial charge in [0.2, 0.25) is 0 Å². The number of piperidine rings is 1. The highest BCUT2D eigenvalue weighted by Gasteiger charge is 2.46. The predicted molar refractivity (Wildman–Crippen MR) is 64.5 cm³/mol. The van der Waals surface area contributed by atoms with Gasteiger partial charge in [-0.05, 0) is 33.7 Å². The maximum Gasteiger partial charge on any atom is 0.331 e. The fraction of sp³-hybridized carbons (Fsp3) is 0.769. The van der Waals surface area contributed by atoms with Gasteiger partial charge in [0.1, 0.15) is 6.10 Å². The van der Waals surface area contributed by atoms with Crippen LogP contribution in [-0.4, -0.2) is 47.3 Å². The van der Waals surface area contributed by atoms with E-state index < -0.39 is 0 Å². The van der Waals surface area contributed by atoms with Gasteiger partial charge in [-0.1, -0.05) is 5.57 Å². The minimum Gasteiger partial charge on any atom is -0.457 e. The molecule has 0 radical (unpaired) electrons. The lowest BCUT2D eigenvalue weighted by atomic mass is 10.0. The highest BCUT2D eigenvalue weighted by Crippen LogP contribution is 2.36. The number of hydrogen-bond acceptors (Lipinski definition) is 4. The Kier molecular flexibility index (Phi) is 3.54. The molecular formula is C13H21NO3. The van der Waals surface area contributed by atoms with Crippen LogP contribution in [0.25, 0.3) is 0 Å². The third-order valence-electron chi connectivity index (χ3n) is 3.76. The van der Waals surface area contributed by atoms with Crippen LogP contribution in [0.4, 0.5) is 0 Å². The SMILES string of the molecule is CC(C)=CC(=O)O[C@H]1C[C@@H]2C[C@H](O)C[C@H]1N2C. The molecule has 4 atom stereocenters. The van der Waals surface area contributed by atoms with Gasteiger partial charge in [-0.15, -0.1) is 0 Å². The molecule has 0 spiro atoms. The molecule has 0 amide bonds. The standard InChI is InChI=1S/C13H21NO3/c1-8(2)4-13(16)17-12-6-9-5-10(15)7-11(12)14(9)3/h4,9-12,15H,5-7H2,1-3H3/t9-,10-,11+,12-/m0/s1. The number of ether oxygens (including phenoxy) is 1. The van der Waals surface area contributed by atoms with E-state index in [9.17, 15) is 9.90 Å². The van der Waals surface area contributed by atoms with Gasteiger partial charge in [0.25, 0.3) is 0 Å². The van der Waals surface area contributed by atoms with Crippen LogP contribution in [0.2, 0.25) is 0 Å². The molecule has 96 valence electrons. The molecule has 4 heteroatoms. The summed E-state index contributed by atoms with van der Waals surface area (Å²) in [5.41, 5.74) is 0.948. The lowest BCUT2D eigenvalue weighted by molar-refractivity contribution is -0.144. The first-order valence-corrected chi connectivity index (χ1v) is 6.23. The van der Waals surface area contributed by atoms with Crippen LogP contribution >= 0.6 is 0 Å². The smallest absolute Gasteiger partial charge is 0.331 e. The van der Waals surface area contributed by atoms with Crippen molar-refractivity contribution >= 4 is 5.97 Å². The summed E-state index contributed by atoms with van der Waals surface area (Å²) in [5, 5.41) is 9.73. The molecule has 2 aliphatic heterocycles. The molecular weight excluding hydrogens is 218 g/mol. The van der Waals surface area contributed by atoms with Crippen LogP contribution in [0.3, 0.4) is 0 Å². The molecule has 0 aromatic rings. The summed E-state index contributed by atoms with van der Waals surface area (Å²) < 4.78 is 5.49. The van der Waals surface area contributed by atoms with Crippen molar-refractivity contribution < 1.29 is 14.6 Å². The fourth-order valence-corrected chi connectivity index (χ4v) is 2.94. The van der Waals surface area contributed by atoms with Gasteiger partial charge in [-0.25, -0.2) is 4.79 Å². The third kappa shape index (κ3) is 2.69. The zero-order chi connectivity index (χ0) is 12.6. The number of carbonyl (C=O) groups is 1. The molecule has 0 saturated carbocycles. The van der Waals surface area contributed by atoms with E-state index in [2.05, 4.69) is 11.9 Å². The van der Waals surface area contributed by atoms with Gasteiger partial charge in [-0.3, -0.25) is 4.90 Å². The van der Waals surface area contributed by atoms with E-state index in [-0.39, 0.29) is 24.2 Å². The van der Waals surface area contributed by atoms with Gasteiger partial charge in [0, 0.05) is 24.6 Å². The number of likely N-dealkylation sites (N-methyl/N-ethyl adjacent to an activating group) is 1. The van der Waals surface area contributed by atoms with Gasteiger partial charge >= 0.3 is 5.97 Å². The van der Waals surface area contributed by atoms with Crippen LogP contribution in [-0.2, 0) is 9.53 Å². The number of allylic oxidation sites excluding steroid dienone is 1. The Balaban J connectivity index is 1.99. The summed E-state index contributed by atoms with van der Waals surface area (Å²) in [6.45, 7) is 3.76. The van der Waals surface area contributed by atoms with E-state index in [1.165, 1.54) is 6.08 Å². The van der Waals surface area contributed by atoms with E-state index >= 15 is 0 Å². The first kappa shape index (κ1) is 12.6. The molecule has 2 aliphatic rings. The first-order chi connectivity index (χ1) is 7.97. The average molecular weight is 239 g/mol. The van der Waals surface area contributed by atoms with Crippen LogP contribution in [0.5, 0.6) is 0 Å². The summed E-state index contributed by atoms with van der Waals surface area (Å²) in [6.07, 6.45) is 3.57. The van der Waals surface area contributed by atoms with Crippen LogP contribution in [0.1, 0.15) is 33.1 Å². The van der Waals surface area contributed by atoms with Crippen molar-refractivity contribution in [1.82, 2.24) is 4.90 Å². The van der Waals surface area contributed by atoms with Gasteiger partial charge < -0.3 is 9.84 Å². The molecule has 4 nitrogen and oxygen atoms in total. The topological polar surface area (TPSA) is 49.8 Å². The van der Waals surface area contributed by atoms with E-state index in [1.807, 2.05) is 13.8 Å². The molecule has 1 N–H and O–H groups in total. The minimum absolute atomic E-state index is 0.0646. The monoisotopic (exact) mass is 239 g/mol. The van der Waals surface area contributed by atoms with Crippen molar-refractivity contribution in [3.8, 4) is 0 Å². The Hall–Kier alpha value is -0.870. The molecule has 17 heavy (non-hydrogen) atoms. The number of fused-ring (bicyclic) bond motifs is 2. The molecule has 0 aromatic carbocycles. The van der Waals surface area contributed by atoms with E-state index in [0.717, 1.165) is 18.4 Å². The summed E-state index contributed by atoms with van der Waals surface area (Å²) in [7, 11) is 2.05. The maximum absolute atomic E-state index is 11.6. The van der Waals surface area contributed by atoms with E-state index in [1.54, 1.807) is 0 Å². The van der Waals surface area contributed by atoms with Crippen molar-refractivity contribution in [3.63, 3.8) is 0 Å². The molecule has 2 rings (SSSR count). The summed E-state index contributed by atoms with van der Waals surface area (Å²) in [4.78, 5) is 13.8. The van der Waals surface area contributed by atoms with Crippen molar-refractivity contribution in [3.05, 3.63) is 11.6 Å². The Morgan fingerprint density at radius 2 is 2.06 bits per heavy atom. The van der Waals surface area contributed by atoms with Crippen LogP contribution < -0.4 is 0 Å². The summed E-state index contributed by atoms with van der Waals surface area (Å²) >= 11 is 0. The summed E-state index contributed by atoms with van der Waals surface area (Å²) in [6, 6.07) is 0.534. The van der Waals surface area contributed by atoms with E-state index in [4.69, 9.17) is 4.74 Å². The van der Waals surface area contributed by atoms with Crippen LogP contribution in [0, 0.1) is 0 Å². The Morgan fingerprint density at radius 1 is 1.35 bits per heavy atom. The second kappa shape index (κ2) is 4.78. The molecule has 0 aliphatic carbocycles. The average Bonchev–Trinajstić information content (AvgIpc) is 2.40. The van der Waals surface area contributed by atoms with E-state index in [0.29, 0.717) is 12.5 Å². The number of aliphatic hydroxyl groups excluding tert-OH is 1. The number of rotatable bonds is 2. The van der Waals surface area contributed by atoms with Gasteiger partial charge in [0.05, 0.1) is 6.10 Å². The van der Waals surface area contributed by atoms with Gasteiger partial charge in [0.15, 0.2) is 0 Å². The Labute approximate surface area is 102 Å². The molecule has 2 saturated heterocycles.